The fourth-order valence-electron chi connectivity index (χ4n) is 4.66. The van der Waals surface area contributed by atoms with Crippen LogP contribution in [0.2, 0.25) is 0 Å². The van der Waals surface area contributed by atoms with E-state index in [4.69, 9.17) is 0 Å². The second kappa shape index (κ2) is 8.64. The first-order chi connectivity index (χ1) is 14.1. The second-order valence-corrected chi connectivity index (χ2v) is 8.29. The van der Waals surface area contributed by atoms with Crippen molar-refractivity contribution in [2.75, 3.05) is 13.1 Å². The molecular weight excluding hydrogens is 360 g/mol. The molecular formula is C25H28N2O2. The minimum absolute atomic E-state index is 0.0696. The highest BCUT2D eigenvalue weighted by Crippen LogP contribution is 2.43. The summed E-state index contributed by atoms with van der Waals surface area (Å²) in [4.78, 5) is 27.7. The Morgan fingerprint density at radius 1 is 1.00 bits per heavy atom. The van der Waals surface area contributed by atoms with E-state index in [1.807, 2.05) is 67.6 Å². The van der Waals surface area contributed by atoms with E-state index in [1.165, 1.54) is 6.42 Å². The number of fused-ring (bicyclic) bond motifs is 2. The van der Waals surface area contributed by atoms with Crippen molar-refractivity contribution in [1.82, 2.24) is 10.2 Å². The third-order valence-corrected chi connectivity index (χ3v) is 6.19. The molecule has 4 rings (SSSR count). The molecule has 0 aliphatic heterocycles. The maximum Gasteiger partial charge on any atom is 0.254 e. The summed E-state index contributed by atoms with van der Waals surface area (Å²) in [6.07, 6.45) is 6.90. The lowest BCUT2D eigenvalue weighted by atomic mass is 9.93. The number of rotatable bonds is 7. The molecule has 4 atom stereocenters. The molecule has 4 unspecified atom stereocenters. The van der Waals surface area contributed by atoms with E-state index in [-0.39, 0.29) is 24.4 Å². The van der Waals surface area contributed by atoms with Crippen molar-refractivity contribution in [3.05, 3.63) is 83.9 Å². The molecule has 2 aliphatic rings. The Labute approximate surface area is 172 Å². The third kappa shape index (κ3) is 4.58. The van der Waals surface area contributed by atoms with Gasteiger partial charge in [-0.05, 0) is 55.2 Å². The van der Waals surface area contributed by atoms with Crippen LogP contribution in [0.4, 0.5) is 0 Å². The summed E-state index contributed by atoms with van der Waals surface area (Å²) in [5.41, 5.74) is 1.69. The van der Waals surface area contributed by atoms with Crippen LogP contribution in [0.5, 0.6) is 0 Å². The van der Waals surface area contributed by atoms with Crippen molar-refractivity contribution in [3.8, 4) is 0 Å². The van der Waals surface area contributed by atoms with Crippen LogP contribution in [0.1, 0.15) is 41.7 Å². The van der Waals surface area contributed by atoms with E-state index in [1.54, 1.807) is 4.90 Å². The Hall–Kier alpha value is -2.88. The maximum absolute atomic E-state index is 13.2. The molecule has 0 aromatic heterocycles. The molecule has 0 heterocycles. The van der Waals surface area contributed by atoms with Gasteiger partial charge in [-0.2, -0.15) is 0 Å². The molecule has 0 radical (unpaired) electrons. The smallest absolute Gasteiger partial charge is 0.254 e. The van der Waals surface area contributed by atoms with Crippen LogP contribution in [-0.2, 0) is 4.79 Å². The summed E-state index contributed by atoms with van der Waals surface area (Å²) in [5, 5.41) is 3.05. The van der Waals surface area contributed by atoms with E-state index in [2.05, 4.69) is 17.5 Å². The first-order valence-corrected chi connectivity index (χ1v) is 10.5. The lowest BCUT2D eigenvalue weighted by molar-refractivity contribution is -0.122. The summed E-state index contributed by atoms with van der Waals surface area (Å²) in [6, 6.07) is 19.1. The maximum atomic E-state index is 13.2. The normalized spacial score (nSPS) is 23.0. The molecule has 2 aromatic rings. The van der Waals surface area contributed by atoms with Crippen LogP contribution in [0.25, 0.3) is 0 Å². The second-order valence-electron chi connectivity index (χ2n) is 8.29. The minimum atomic E-state index is -0.121. The molecule has 1 fully saturated rings. The number of hydrogen-bond acceptors (Lipinski definition) is 2. The van der Waals surface area contributed by atoms with Crippen molar-refractivity contribution in [2.45, 2.75) is 25.8 Å². The Morgan fingerprint density at radius 2 is 1.69 bits per heavy atom. The van der Waals surface area contributed by atoms with Gasteiger partial charge in [-0.25, -0.2) is 0 Å². The van der Waals surface area contributed by atoms with Gasteiger partial charge in [-0.15, -0.1) is 0 Å². The fraction of sp³-hybridized carbons (Fsp3) is 0.360. The van der Waals surface area contributed by atoms with Crippen molar-refractivity contribution in [2.24, 2.45) is 17.8 Å². The molecule has 2 amide bonds. The average molecular weight is 389 g/mol. The molecule has 2 aromatic carbocycles. The molecule has 1 N–H and O–H groups in total. The lowest BCUT2D eigenvalue weighted by Gasteiger charge is -2.29. The van der Waals surface area contributed by atoms with Gasteiger partial charge >= 0.3 is 0 Å². The zero-order valence-corrected chi connectivity index (χ0v) is 16.8. The van der Waals surface area contributed by atoms with Crippen molar-refractivity contribution >= 4 is 11.8 Å². The predicted molar refractivity (Wildman–Crippen MR) is 114 cm³/mol. The highest BCUT2D eigenvalue weighted by molar-refractivity contribution is 5.96. The average Bonchev–Trinajstić information content (AvgIpc) is 3.37. The van der Waals surface area contributed by atoms with Crippen LogP contribution in [0, 0.1) is 17.8 Å². The zero-order chi connectivity index (χ0) is 20.2. The zero-order valence-electron chi connectivity index (χ0n) is 16.8. The molecule has 4 nitrogen and oxygen atoms in total. The molecule has 150 valence electrons. The van der Waals surface area contributed by atoms with Gasteiger partial charge in [0.2, 0.25) is 5.91 Å². The van der Waals surface area contributed by atoms with Gasteiger partial charge in [0.15, 0.2) is 0 Å². The fourth-order valence-corrected chi connectivity index (χ4v) is 4.66. The number of nitrogens with zero attached hydrogens (tertiary/aromatic N) is 1. The van der Waals surface area contributed by atoms with Crippen molar-refractivity contribution in [1.29, 1.82) is 0 Å². The SMILES string of the molecule is CC(NC(=O)CN(CC1CC2C=CC1C2)C(=O)c1ccccc1)c1ccccc1. The van der Waals surface area contributed by atoms with Crippen LogP contribution in [0.15, 0.2) is 72.8 Å². The van der Waals surface area contributed by atoms with Crippen LogP contribution in [-0.4, -0.2) is 29.8 Å². The van der Waals surface area contributed by atoms with Gasteiger partial charge in [0.05, 0.1) is 12.6 Å². The Balaban J connectivity index is 1.45. The highest BCUT2D eigenvalue weighted by atomic mass is 16.2. The van der Waals surface area contributed by atoms with Gasteiger partial charge in [0.1, 0.15) is 0 Å². The van der Waals surface area contributed by atoms with Gasteiger partial charge < -0.3 is 10.2 Å². The number of benzene rings is 2. The number of carbonyl (C=O) groups is 2. The standard InChI is InChI=1S/C25H28N2O2/c1-18(20-8-4-2-5-9-20)26-24(28)17-27(25(29)21-10-6-3-7-11-21)16-23-15-19-12-13-22(23)14-19/h2-13,18-19,22-23H,14-17H2,1H3,(H,26,28). The van der Waals surface area contributed by atoms with E-state index in [0.717, 1.165) is 12.0 Å². The monoisotopic (exact) mass is 388 g/mol. The van der Waals surface area contributed by atoms with Gasteiger partial charge in [-0.3, -0.25) is 9.59 Å². The Bertz CT molecular complexity index is 878. The Morgan fingerprint density at radius 3 is 2.31 bits per heavy atom. The van der Waals surface area contributed by atoms with E-state index < -0.39 is 0 Å². The summed E-state index contributed by atoms with van der Waals surface area (Å²) < 4.78 is 0. The molecule has 0 saturated heterocycles. The molecule has 29 heavy (non-hydrogen) atoms. The number of hydrogen-bond donors (Lipinski definition) is 1. The van der Waals surface area contributed by atoms with E-state index in [9.17, 15) is 9.59 Å². The highest BCUT2D eigenvalue weighted by Gasteiger charge is 2.37. The van der Waals surface area contributed by atoms with Crippen molar-refractivity contribution in [3.63, 3.8) is 0 Å². The van der Waals surface area contributed by atoms with E-state index in [0.29, 0.717) is 29.9 Å². The number of carbonyl (C=O) groups excluding carboxylic acids is 2. The molecule has 2 aliphatic carbocycles. The van der Waals surface area contributed by atoms with Crippen LogP contribution < -0.4 is 5.32 Å². The number of nitrogens with one attached hydrogen (secondary N) is 1. The molecule has 2 bridgehead atoms. The van der Waals surface area contributed by atoms with Crippen LogP contribution >= 0.6 is 0 Å². The van der Waals surface area contributed by atoms with Gasteiger partial charge in [-0.1, -0.05) is 60.7 Å². The number of amides is 2. The summed E-state index contributed by atoms with van der Waals surface area (Å²) in [5.74, 6) is 1.43. The minimum Gasteiger partial charge on any atom is -0.348 e. The number of allylic oxidation sites excluding steroid dienone is 2. The summed E-state index contributed by atoms with van der Waals surface area (Å²) >= 11 is 0. The van der Waals surface area contributed by atoms with Gasteiger partial charge in [0.25, 0.3) is 5.91 Å². The van der Waals surface area contributed by atoms with Crippen molar-refractivity contribution < 1.29 is 9.59 Å². The molecule has 1 saturated carbocycles. The lowest BCUT2D eigenvalue weighted by Crippen LogP contribution is -2.44. The molecule has 4 heteroatoms. The predicted octanol–water partition coefficient (Wildman–Crippen LogP) is 4.22. The van der Waals surface area contributed by atoms with Crippen LogP contribution in [0.3, 0.4) is 0 Å². The quantitative estimate of drug-likeness (QED) is 0.722. The summed E-state index contributed by atoms with van der Waals surface area (Å²) in [7, 11) is 0. The summed E-state index contributed by atoms with van der Waals surface area (Å²) in [6.45, 7) is 2.69. The molecule has 0 spiro atoms. The van der Waals surface area contributed by atoms with E-state index >= 15 is 0 Å². The van der Waals surface area contributed by atoms with Gasteiger partial charge in [0, 0.05) is 12.1 Å². The Kier molecular flexibility index (Phi) is 5.79. The third-order valence-electron chi connectivity index (χ3n) is 6.19. The largest absolute Gasteiger partial charge is 0.348 e. The topological polar surface area (TPSA) is 49.4 Å². The first-order valence-electron chi connectivity index (χ1n) is 10.5. The first kappa shape index (κ1) is 19.4.